The average Bonchev–Trinajstić information content (AvgIpc) is 2.39. The summed E-state index contributed by atoms with van der Waals surface area (Å²) in [5.74, 6) is 0.358. The summed E-state index contributed by atoms with van der Waals surface area (Å²) in [6.45, 7) is 2.85. The molecule has 1 atom stereocenters. The van der Waals surface area contributed by atoms with Crippen molar-refractivity contribution in [3.05, 3.63) is 65.7 Å². The van der Waals surface area contributed by atoms with Crippen molar-refractivity contribution in [1.82, 2.24) is 5.32 Å². The van der Waals surface area contributed by atoms with Gasteiger partial charge in [-0.05, 0) is 25.0 Å². The smallest absolute Gasteiger partial charge is 0.120 e. The molecule has 2 rings (SSSR count). The largest absolute Gasteiger partial charge is 0.508 e. The van der Waals surface area contributed by atoms with Gasteiger partial charge in [-0.25, -0.2) is 0 Å². The number of benzene rings is 2. The molecule has 0 aliphatic rings. The fourth-order valence-corrected chi connectivity index (χ4v) is 1.98. The van der Waals surface area contributed by atoms with Crippen LogP contribution in [0.2, 0.25) is 0 Å². The van der Waals surface area contributed by atoms with E-state index in [0.717, 1.165) is 12.0 Å². The lowest BCUT2D eigenvalue weighted by atomic mass is 10.1. The zero-order valence-electron chi connectivity index (χ0n) is 10.6. The number of nitrogens with one attached hydrogen (secondary N) is 1. The van der Waals surface area contributed by atoms with Crippen LogP contribution in [0.4, 0.5) is 0 Å². The number of phenolic OH excluding ortho intramolecular Hbond substituents is 1. The van der Waals surface area contributed by atoms with Crippen LogP contribution in [0.5, 0.6) is 5.75 Å². The number of rotatable bonds is 5. The van der Waals surface area contributed by atoms with Crippen LogP contribution in [0.25, 0.3) is 0 Å². The van der Waals surface area contributed by atoms with Crippen LogP contribution in [0.3, 0.4) is 0 Å². The molecule has 0 aromatic heterocycles. The van der Waals surface area contributed by atoms with Gasteiger partial charge < -0.3 is 10.4 Å². The van der Waals surface area contributed by atoms with Crippen LogP contribution in [0.1, 0.15) is 18.1 Å². The summed E-state index contributed by atoms with van der Waals surface area (Å²) >= 11 is 0. The number of para-hydroxylation sites is 1. The van der Waals surface area contributed by atoms with Crippen molar-refractivity contribution >= 4 is 0 Å². The third-order valence-corrected chi connectivity index (χ3v) is 3.02. The van der Waals surface area contributed by atoms with Crippen LogP contribution >= 0.6 is 0 Å². The fraction of sp³-hybridized carbons (Fsp3) is 0.250. The highest BCUT2D eigenvalue weighted by molar-refractivity contribution is 5.31. The van der Waals surface area contributed by atoms with E-state index in [4.69, 9.17) is 0 Å². The first kappa shape index (κ1) is 12.7. The molecule has 2 aromatic rings. The Morgan fingerprint density at radius 3 is 2.39 bits per heavy atom. The lowest BCUT2D eigenvalue weighted by Gasteiger charge is -2.14. The average molecular weight is 241 g/mol. The number of hydrogen-bond donors (Lipinski definition) is 2. The maximum Gasteiger partial charge on any atom is 0.120 e. The molecule has 0 saturated heterocycles. The molecule has 2 N–H and O–H groups in total. The van der Waals surface area contributed by atoms with Crippen LogP contribution in [-0.2, 0) is 13.0 Å². The molecule has 0 bridgehead atoms. The number of phenols is 1. The standard InChI is InChI=1S/C16H19NO/c1-13(11-14-7-3-2-4-8-14)17-12-15-9-5-6-10-16(15)18/h2-10,13,17-18H,11-12H2,1H3/t13-/m1/s1. The zero-order chi connectivity index (χ0) is 12.8. The second-order valence-electron chi connectivity index (χ2n) is 4.60. The Morgan fingerprint density at radius 1 is 1.00 bits per heavy atom. The summed E-state index contributed by atoms with van der Waals surface area (Å²) in [4.78, 5) is 0. The Bertz CT molecular complexity index is 481. The summed E-state index contributed by atoms with van der Waals surface area (Å²) in [6.07, 6.45) is 0.994. The van der Waals surface area contributed by atoms with Crippen LogP contribution in [0.15, 0.2) is 54.6 Å². The molecule has 0 fully saturated rings. The van der Waals surface area contributed by atoms with Gasteiger partial charge >= 0.3 is 0 Å². The van der Waals surface area contributed by atoms with E-state index < -0.39 is 0 Å². The normalized spacial score (nSPS) is 12.3. The molecule has 94 valence electrons. The predicted octanol–water partition coefficient (Wildman–Crippen LogP) is 3.11. The van der Waals surface area contributed by atoms with Crippen molar-refractivity contribution in [3.63, 3.8) is 0 Å². The Kier molecular flexibility index (Phi) is 4.37. The van der Waals surface area contributed by atoms with Gasteiger partial charge in [0.05, 0.1) is 0 Å². The molecule has 0 spiro atoms. The lowest BCUT2D eigenvalue weighted by Crippen LogP contribution is -2.27. The van der Waals surface area contributed by atoms with Gasteiger partial charge in [-0.1, -0.05) is 48.5 Å². The Morgan fingerprint density at radius 2 is 1.67 bits per heavy atom. The van der Waals surface area contributed by atoms with Crippen molar-refractivity contribution in [1.29, 1.82) is 0 Å². The molecule has 2 aromatic carbocycles. The van der Waals surface area contributed by atoms with E-state index in [2.05, 4.69) is 36.5 Å². The minimum Gasteiger partial charge on any atom is -0.508 e. The molecular formula is C16H19NO. The summed E-state index contributed by atoms with van der Waals surface area (Å²) in [5, 5.41) is 13.1. The summed E-state index contributed by atoms with van der Waals surface area (Å²) < 4.78 is 0. The minimum atomic E-state index is 0.358. The molecule has 0 aliphatic carbocycles. The predicted molar refractivity (Wildman–Crippen MR) is 74.6 cm³/mol. The van der Waals surface area contributed by atoms with E-state index in [1.807, 2.05) is 24.3 Å². The van der Waals surface area contributed by atoms with Crippen molar-refractivity contribution in [3.8, 4) is 5.75 Å². The van der Waals surface area contributed by atoms with Crippen molar-refractivity contribution in [2.45, 2.75) is 25.9 Å². The first-order valence-electron chi connectivity index (χ1n) is 6.30. The zero-order valence-corrected chi connectivity index (χ0v) is 10.6. The molecule has 2 heteroatoms. The molecule has 18 heavy (non-hydrogen) atoms. The van der Waals surface area contributed by atoms with Gasteiger partial charge in [-0.15, -0.1) is 0 Å². The molecular weight excluding hydrogens is 222 g/mol. The lowest BCUT2D eigenvalue weighted by molar-refractivity contribution is 0.458. The van der Waals surface area contributed by atoms with Crippen LogP contribution in [0, 0.1) is 0 Å². The molecule has 0 heterocycles. The van der Waals surface area contributed by atoms with Gasteiger partial charge in [0, 0.05) is 18.2 Å². The van der Waals surface area contributed by atoms with E-state index in [-0.39, 0.29) is 0 Å². The number of hydrogen-bond acceptors (Lipinski definition) is 2. The topological polar surface area (TPSA) is 32.3 Å². The highest BCUT2D eigenvalue weighted by atomic mass is 16.3. The highest BCUT2D eigenvalue weighted by Gasteiger charge is 2.04. The van der Waals surface area contributed by atoms with E-state index in [0.29, 0.717) is 18.3 Å². The highest BCUT2D eigenvalue weighted by Crippen LogP contribution is 2.15. The van der Waals surface area contributed by atoms with Crippen molar-refractivity contribution in [2.24, 2.45) is 0 Å². The Hall–Kier alpha value is -1.80. The van der Waals surface area contributed by atoms with Gasteiger partial charge in [0.15, 0.2) is 0 Å². The summed E-state index contributed by atoms with van der Waals surface area (Å²) in [5.41, 5.74) is 2.27. The molecule has 0 saturated carbocycles. The second kappa shape index (κ2) is 6.22. The van der Waals surface area contributed by atoms with Crippen molar-refractivity contribution in [2.75, 3.05) is 0 Å². The first-order valence-corrected chi connectivity index (χ1v) is 6.30. The molecule has 0 unspecified atom stereocenters. The van der Waals surface area contributed by atoms with Gasteiger partial charge in [-0.2, -0.15) is 0 Å². The quantitative estimate of drug-likeness (QED) is 0.843. The van der Waals surface area contributed by atoms with E-state index >= 15 is 0 Å². The van der Waals surface area contributed by atoms with Crippen molar-refractivity contribution < 1.29 is 5.11 Å². The molecule has 2 nitrogen and oxygen atoms in total. The van der Waals surface area contributed by atoms with Gasteiger partial charge in [0.1, 0.15) is 5.75 Å². The van der Waals surface area contributed by atoms with E-state index in [1.54, 1.807) is 6.07 Å². The molecule has 0 amide bonds. The number of aromatic hydroxyl groups is 1. The monoisotopic (exact) mass is 241 g/mol. The first-order chi connectivity index (χ1) is 8.75. The maximum absolute atomic E-state index is 9.67. The van der Waals surface area contributed by atoms with Gasteiger partial charge in [0.25, 0.3) is 0 Å². The maximum atomic E-state index is 9.67. The second-order valence-corrected chi connectivity index (χ2v) is 4.60. The SMILES string of the molecule is C[C@H](Cc1ccccc1)NCc1ccccc1O. The van der Waals surface area contributed by atoms with Crippen LogP contribution < -0.4 is 5.32 Å². The van der Waals surface area contributed by atoms with Crippen LogP contribution in [-0.4, -0.2) is 11.1 Å². The van der Waals surface area contributed by atoms with Gasteiger partial charge in [0.2, 0.25) is 0 Å². The third-order valence-electron chi connectivity index (χ3n) is 3.02. The molecule has 0 aliphatic heterocycles. The fourth-order valence-electron chi connectivity index (χ4n) is 1.98. The van der Waals surface area contributed by atoms with Gasteiger partial charge in [-0.3, -0.25) is 0 Å². The third kappa shape index (κ3) is 3.60. The summed E-state index contributed by atoms with van der Waals surface area (Å²) in [7, 11) is 0. The minimum absolute atomic E-state index is 0.358. The molecule has 0 radical (unpaired) electrons. The Balaban J connectivity index is 1.86. The van der Waals surface area contributed by atoms with E-state index in [9.17, 15) is 5.11 Å². The Labute approximate surface area is 108 Å². The summed E-state index contributed by atoms with van der Waals surface area (Å²) in [6, 6.07) is 18.3. The van der Waals surface area contributed by atoms with E-state index in [1.165, 1.54) is 5.56 Å².